The molecule has 0 spiro atoms. The van der Waals surface area contributed by atoms with Crippen LogP contribution in [0, 0.1) is 0 Å². The first-order valence-electron chi connectivity index (χ1n) is 8.20. The van der Waals surface area contributed by atoms with Crippen molar-refractivity contribution in [2.75, 3.05) is 27.2 Å². The van der Waals surface area contributed by atoms with Gasteiger partial charge in [-0.1, -0.05) is 23.2 Å². The van der Waals surface area contributed by atoms with Crippen LogP contribution in [0.5, 0.6) is 0 Å². The van der Waals surface area contributed by atoms with Crippen LogP contribution in [0.2, 0.25) is 5.02 Å². The number of rotatable bonds is 5. The zero-order chi connectivity index (χ0) is 17.7. The normalized spacial score (nSPS) is 18.8. The van der Waals surface area contributed by atoms with Gasteiger partial charge in [0.25, 0.3) is 0 Å². The first kappa shape index (κ1) is 19.1. The Bertz CT molecular complexity index is 572. The minimum Gasteiger partial charge on any atom is -0.390 e. The lowest BCUT2D eigenvalue weighted by Crippen LogP contribution is -2.24. The van der Waals surface area contributed by atoms with E-state index in [2.05, 4.69) is 10.2 Å². The summed E-state index contributed by atoms with van der Waals surface area (Å²) in [7, 11) is 4.03. The smallest absolute Gasteiger partial charge is 0.390 e. The highest BCUT2D eigenvalue weighted by atomic mass is 35.5. The second-order valence-corrected chi connectivity index (χ2v) is 6.94. The lowest BCUT2D eigenvalue weighted by atomic mass is 9.80. The molecule has 2 rings (SSSR count). The van der Waals surface area contributed by atoms with Crippen LogP contribution >= 0.6 is 11.6 Å². The van der Waals surface area contributed by atoms with Gasteiger partial charge in [0, 0.05) is 18.1 Å². The summed E-state index contributed by atoms with van der Waals surface area (Å²) in [6.07, 6.45) is 0.688. The fraction of sp³-hybridized carbons (Fsp3) is 0.556. The molecule has 0 atom stereocenters. The van der Waals surface area contributed by atoms with Crippen LogP contribution in [0.15, 0.2) is 30.0 Å². The first-order valence-corrected chi connectivity index (χ1v) is 8.58. The number of allylic oxidation sites excluding steroid dienone is 1. The van der Waals surface area contributed by atoms with E-state index >= 15 is 0 Å². The molecular formula is C18H24ClF3N2. The number of benzene rings is 1. The van der Waals surface area contributed by atoms with Gasteiger partial charge in [0.2, 0.25) is 0 Å². The third-order valence-corrected chi connectivity index (χ3v) is 4.73. The standard InChI is InChI=1S/C18H24ClF3N2/c1-24(2)11-10-23-12-13-6-8-14(9-7-13)17-15(18(20,21)22)4-3-5-16(17)19/h3-5,12,14,23H,6-11H2,1-2H3. The van der Waals surface area contributed by atoms with Crippen LogP contribution in [-0.4, -0.2) is 32.1 Å². The molecule has 1 aliphatic rings. The number of nitrogens with zero attached hydrogens (tertiary/aromatic N) is 1. The Hall–Kier alpha value is -1.20. The molecular weight excluding hydrogens is 337 g/mol. The molecule has 0 heterocycles. The molecule has 134 valence electrons. The minimum atomic E-state index is -4.36. The van der Waals surface area contributed by atoms with Crippen LogP contribution in [0.3, 0.4) is 0 Å². The monoisotopic (exact) mass is 360 g/mol. The number of alkyl halides is 3. The van der Waals surface area contributed by atoms with Gasteiger partial charge in [-0.15, -0.1) is 0 Å². The zero-order valence-electron chi connectivity index (χ0n) is 14.1. The van der Waals surface area contributed by atoms with Gasteiger partial charge < -0.3 is 10.2 Å². The van der Waals surface area contributed by atoms with Crippen LogP contribution in [0.1, 0.15) is 42.7 Å². The van der Waals surface area contributed by atoms with Gasteiger partial charge in [-0.2, -0.15) is 13.2 Å². The maximum Gasteiger partial charge on any atom is 0.416 e. The molecule has 1 N–H and O–H groups in total. The molecule has 2 nitrogen and oxygen atoms in total. The van der Waals surface area contributed by atoms with Crippen molar-refractivity contribution >= 4 is 11.6 Å². The summed E-state index contributed by atoms with van der Waals surface area (Å²) in [6, 6.07) is 4.06. The highest BCUT2D eigenvalue weighted by molar-refractivity contribution is 6.31. The molecule has 0 radical (unpaired) electrons. The number of likely N-dealkylation sites (N-methyl/N-ethyl adjacent to an activating group) is 1. The minimum absolute atomic E-state index is 0.130. The third-order valence-electron chi connectivity index (χ3n) is 4.40. The predicted octanol–water partition coefficient (Wildman–Crippen LogP) is 5.05. The Morgan fingerprint density at radius 2 is 1.92 bits per heavy atom. The van der Waals surface area contributed by atoms with Gasteiger partial charge in [0.1, 0.15) is 0 Å². The van der Waals surface area contributed by atoms with Crippen molar-refractivity contribution < 1.29 is 13.2 Å². The second-order valence-electron chi connectivity index (χ2n) is 6.53. The summed E-state index contributed by atoms with van der Waals surface area (Å²) in [5, 5.41) is 3.51. The molecule has 0 amide bonds. The summed E-state index contributed by atoms with van der Waals surface area (Å²) >= 11 is 6.11. The number of halogens is 4. The predicted molar refractivity (Wildman–Crippen MR) is 92.3 cm³/mol. The van der Waals surface area contributed by atoms with E-state index in [1.165, 1.54) is 11.6 Å². The van der Waals surface area contributed by atoms with Crippen molar-refractivity contribution in [2.45, 2.75) is 37.8 Å². The lowest BCUT2D eigenvalue weighted by Gasteiger charge is -2.27. The Kier molecular flexibility index (Phi) is 6.58. The number of hydrogen-bond donors (Lipinski definition) is 1. The molecule has 0 unspecified atom stereocenters. The highest BCUT2D eigenvalue weighted by Gasteiger charge is 2.36. The van der Waals surface area contributed by atoms with Gasteiger partial charge in [-0.25, -0.2) is 0 Å². The molecule has 1 aromatic carbocycles. The zero-order valence-corrected chi connectivity index (χ0v) is 14.8. The molecule has 1 saturated carbocycles. The van der Waals surface area contributed by atoms with Crippen molar-refractivity contribution in [3.63, 3.8) is 0 Å². The molecule has 0 aromatic heterocycles. The first-order chi connectivity index (χ1) is 11.3. The second kappa shape index (κ2) is 8.26. The SMILES string of the molecule is CN(C)CCNC=C1CCC(c2c(Cl)cccc2C(F)(F)F)CC1. The molecule has 1 aromatic rings. The summed E-state index contributed by atoms with van der Waals surface area (Å²) in [5.41, 5.74) is 0.952. The third kappa shape index (κ3) is 5.15. The Labute approximate surface area is 146 Å². The summed E-state index contributed by atoms with van der Waals surface area (Å²) in [5.74, 6) is -0.130. The molecule has 1 aliphatic carbocycles. The van der Waals surface area contributed by atoms with E-state index in [0.717, 1.165) is 32.0 Å². The maximum atomic E-state index is 13.2. The van der Waals surface area contributed by atoms with Crippen molar-refractivity contribution in [3.8, 4) is 0 Å². The fourth-order valence-corrected chi connectivity index (χ4v) is 3.45. The number of nitrogens with one attached hydrogen (secondary N) is 1. The van der Waals surface area contributed by atoms with Crippen LogP contribution in [-0.2, 0) is 6.18 Å². The van der Waals surface area contributed by atoms with Crippen molar-refractivity contribution in [1.82, 2.24) is 10.2 Å². The molecule has 6 heteroatoms. The van der Waals surface area contributed by atoms with E-state index in [1.807, 2.05) is 20.3 Å². The molecule has 0 aliphatic heterocycles. The summed E-state index contributed by atoms with van der Waals surface area (Å²) in [4.78, 5) is 2.10. The van der Waals surface area contributed by atoms with Gasteiger partial charge in [0.15, 0.2) is 0 Å². The van der Waals surface area contributed by atoms with Crippen molar-refractivity contribution in [3.05, 3.63) is 46.1 Å². The fourth-order valence-electron chi connectivity index (χ4n) is 3.13. The Morgan fingerprint density at radius 3 is 2.50 bits per heavy atom. The van der Waals surface area contributed by atoms with E-state index in [0.29, 0.717) is 12.8 Å². The average molecular weight is 361 g/mol. The van der Waals surface area contributed by atoms with Gasteiger partial charge in [-0.05, 0) is 69.6 Å². The highest BCUT2D eigenvalue weighted by Crippen LogP contribution is 2.44. The van der Waals surface area contributed by atoms with E-state index < -0.39 is 11.7 Å². The maximum absolute atomic E-state index is 13.2. The van der Waals surface area contributed by atoms with E-state index in [4.69, 9.17) is 11.6 Å². The molecule has 24 heavy (non-hydrogen) atoms. The van der Waals surface area contributed by atoms with Crippen LogP contribution < -0.4 is 5.32 Å². The topological polar surface area (TPSA) is 15.3 Å². The van der Waals surface area contributed by atoms with Gasteiger partial charge in [0.05, 0.1) is 5.56 Å². The summed E-state index contributed by atoms with van der Waals surface area (Å²) in [6.45, 7) is 1.81. The molecule has 0 saturated heterocycles. The van der Waals surface area contributed by atoms with Crippen LogP contribution in [0.25, 0.3) is 0 Å². The molecule has 0 bridgehead atoms. The Balaban J connectivity index is 2.01. The van der Waals surface area contributed by atoms with E-state index in [-0.39, 0.29) is 16.5 Å². The van der Waals surface area contributed by atoms with E-state index in [9.17, 15) is 13.2 Å². The molecule has 1 fully saturated rings. The average Bonchev–Trinajstić information content (AvgIpc) is 2.51. The number of hydrogen-bond acceptors (Lipinski definition) is 2. The van der Waals surface area contributed by atoms with Crippen molar-refractivity contribution in [2.24, 2.45) is 0 Å². The Morgan fingerprint density at radius 1 is 1.25 bits per heavy atom. The van der Waals surface area contributed by atoms with Gasteiger partial charge >= 0.3 is 6.18 Å². The largest absolute Gasteiger partial charge is 0.416 e. The van der Waals surface area contributed by atoms with Gasteiger partial charge in [-0.3, -0.25) is 0 Å². The van der Waals surface area contributed by atoms with Crippen LogP contribution in [0.4, 0.5) is 13.2 Å². The van der Waals surface area contributed by atoms with E-state index in [1.54, 1.807) is 6.07 Å². The summed E-state index contributed by atoms with van der Waals surface area (Å²) < 4.78 is 39.7. The van der Waals surface area contributed by atoms with Crippen molar-refractivity contribution in [1.29, 1.82) is 0 Å². The quantitative estimate of drug-likeness (QED) is 0.739. The lowest BCUT2D eigenvalue weighted by molar-refractivity contribution is -0.138.